The molecule has 10 nitrogen and oxygen atoms in total. The van der Waals surface area contributed by atoms with E-state index in [0.29, 0.717) is 39.9 Å². The molecule has 4 heterocycles. The summed E-state index contributed by atoms with van der Waals surface area (Å²) < 4.78 is 12.1. The second kappa shape index (κ2) is 8.71. The summed E-state index contributed by atoms with van der Waals surface area (Å²) in [4.78, 5) is 29.1. The van der Waals surface area contributed by atoms with Gasteiger partial charge in [-0.1, -0.05) is 18.5 Å². The predicted octanol–water partition coefficient (Wildman–Crippen LogP) is 4.70. The van der Waals surface area contributed by atoms with Crippen LogP contribution in [0.15, 0.2) is 43.2 Å². The second-order valence-electron chi connectivity index (χ2n) is 8.45. The normalized spacial score (nSPS) is 17.5. The van der Waals surface area contributed by atoms with Gasteiger partial charge in [-0.2, -0.15) is 9.97 Å². The third-order valence-electron chi connectivity index (χ3n) is 6.12. The molecule has 1 fully saturated rings. The van der Waals surface area contributed by atoms with Crippen LogP contribution < -0.4 is 15.2 Å². The first-order valence-electron chi connectivity index (χ1n) is 11.3. The molecule has 3 N–H and O–H groups in total. The SMILES string of the molecule is CCc1[nH]c2nc(Oc3cncnc3)nc(Oc3ccc4ncnc(C5CC(N)C5)c4c3)c2c1Cl. The summed E-state index contributed by atoms with van der Waals surface area (Å²) in [5.74, 6) is 1.56. The summed E-state index contributed by atoms with van der Waals surface area (Å²) in [5.41, 5.74) is 9.18. The van der Waals surface area contributed by atoms with E-state index in [1.165, 1.54) is 18.7 Å². The van der Waals surface area contributed by atoms with Gasteiger partial charge in [-0.25, -0.2) is 19.9 Å². The van der Waals surface area contributed by atoms with Gasteiger partial charge in [0.25, 0.3) is 0 Å². The third kappa shape index (κ3) is 4.00. The zero-order chi connectivity index (χ0) is 23.9. The predicted molar refractivity (Wildman–Crippen MR) is 130 cm³/mol. The Hall–Kier alpha value is -3.89. The topological polar surface area (TPSA) is 138 Å². The summed E-state index contributed by atoms with van der Waals surface area (Å²) in [6, 6.07) is 5.97. The average Bonchev–Trinajstić information content (AvgIpc) is 3.18. The van der Waals surface area contributed by atoms with Gasteiger partial charge in [-0.05, 0) is 37.5 Å². The van der Waals surface area contributed by atoms with Crippen molar-refractivity contribution in [1.82, 2.24) is 34.9 Å². The Morgan fingerprint density at radius 2 is 1.89 bits per heavy atom. The number of H-pyrrole nitrogens is 1. The molecule has 176 valence electrons. The van der Waals surface area contributed by atoms with Crippen molar-refractivity contribution in [3.63, 3.8) is 0 Å². The molecule has 11 heteroatoms. The minimum Gasteiger partial charge on any atom is -0.438 e. The summed E-state index contributed by atoms with van der Waals surface area (Å²) >= 11 is 6.66. The molecule has 4 aromatic heterocycles. The van der Waals surface area contributed by atoms with E-state index in [1.807, 2.05) is 25.1 Å². The Balaban J connectivity index is 1.42. The molecule has 0 radical (unpaired) electrons. The lowest BCUT2D eigenvalue weighted by Gasteiger charge is -2.32. The molecule has 1 aliphatic carbocycles. The molecule has 0 aliphatic heterocycles. The number of rotatable bonds is 6. The molecular formula is C24H21ClN8O2. The number of nitrogens with two attached hydrogens (primary N) is 1. The first-order valence-corrected chi connectivity index (χ1v) is 11.7. The highest BCUT2D eigenvalue weighted by atomic mass is 35.5. The van der Waals surface area contributed by atoms with Gasteiger partial charge in [0.1, 0.15) is 29.4 Å². The highest BCUT2D eigenvalue weighted by Crippen LogP contribution is 2.40. The Labute approximate surface area is 204 Å². The van der Waals surface area contributed by atoms with Crippen molar-refractivity contribution >= 4 is 33.5 Å². The molecular weight excluding hydrogens is 468 g/mol. The molecule has 5 aromatic rings. The molecule has 0 atom stereocenters. The number of ether oxygens (including phenoxy) is 2. The number of hydrogen-bond acceptors (Lipinski definition) is 9. The molecule has 1 aromatic carbocycles. The van der Waals surface area contributed by atoms with E-state index in [0.717, 1.165) is 35.1 Å². The van der Waals surface area contributed by atoms with Gasteiger partial charge in [-0.3, -0.25) is 0 Å². The molecule has 1 aliphatic rings. The van der Waals surface area contributed by atoms with Crippen LogP contribution in [0.3, 0.4) is 0 Å². The van der Waals surface area contributed by atoms with Crippen LogP contribution in [0.25, 0.3) is 21.9 Å². The van der Waals surface area contributed by atoms with Crippen LogP contribution >= 0.6 is 11.6 Å². The number of nitrogens with zero attached hydrogens (tertiary/aromatic N) is 6. The van der Waals surface area contributed by atoms with Gasteiger partial charge in [0.15, 0.2) is 5.75 Å². The molecule has 0 unspecified atom stereocenters. The summed E-state index contributed by atoms with van der Waals surface area (Å²) in [6.45, 7) is 2.00. The van der Waals surface area contributed by atoms with Crippen molar-refractivity contribution in [3.05, 3.63) is 59.7 Å². The van der Waals surface area contributed by atoms with Crippen LogP contribution in [-0.4, -0.2) is 40.9 Å². The first-order chi connectivity index (χ1) is 17.1. The zero-order valence-corrected chi connectivity index (χ0v) is 19.5. The number of halogens is 1. The average molecular weight is 489 g/mol. The van der Waals surface area contributed by atoms with Gasteiger partial charge < -0.3 is 20.2 Å². The van der Waals surface area contributed by atoms with Crippen LogP contribution in [0.4, 0.5) is 0 Å². The second-order valence-corrected chi connectivity index (χ2v) is 8.83. The van der Waals surface area contributed by atoms with Gasteiger partial charge >= 0.3 is 6.01 Å². The van der Waals surface area contributed by atoms with E-state index in [2.05, 4.69) is 34.9 Å². The molecule has 35 heavy (non-hydrogen) atoms. The number of aromatic amines is 1. The van der Waals surface area contributed by atoms with Crippen molar-refractivity contribution < 1.29 is 9.47 Å². The van der Waals surface area contributed by atoms with Crippen molar-refractivity contribution in [3.8, 4) is 23.4 Å². The van der Waals surface area contributed by atoms with Crippen LogP contribution in [-0.2, 0) is 6.42 Å². The first kappa shape index (κ1) is 21.6. The van der Waals surface area contributed by atoms with Gasteiger partial charge in [0.05, 0.1) is 28.6 Å². The smallest absolute Gasteiger partial charge is 0.327 e. The standard InChI is InChI=1S/C24H21ClN8O2/c1-2-17-20(25)19-22(31-17)32-24(35-15-8-27-10-28-9-15)33-23(19)34-14-3-4-18-16(7-14)21(30-11-29-18)12-5-13(26)6-12/h3-4,7-13H,2,5-6,26H2,1H3,(H,31,32,33). The maximum absolute atomic E-state index is 6.66. The van der Waals surface area contributed by atoms with E-state index >= 15 is 0 Å². The molecule has 6 rings (SSSR count). The highest BCUT2D eigenvalue weighted by molar-refractivity contribution is 6.36. The molecule has 0 bridgehead atoms. The Morgan fingerprint density at radius 3 is 2.66 bits per heavy atom. The van der Waals surface area contributed by atoms with E-state index < -0.39 is 0 Å². The number of aromatic nitrogens is 7. The number of fused-ring (bicyclic) bond motifs is 2. The number of aryl methyl sites for hydroxylation is 1. The molecule has 0 saturated heterocycles. The molecule has 1 saturated carbocycles. The van der Waals surface area contributed by atoms with E-state index in [9.17, 15) is 0 Å². The Bertz CT molecular complexity index is 1540. The summed E-state index contributed by atoms with van der Waals surface area (Å²) in [7, 11) is 0. The number of nitrogens with one attached hydrogen (secondary N) is 1. The lowest BCUT2D eigenvalue weighted by Crippen LogP contribution is -2.35. The summed E-state index contributed by atoms with van der Waals surface area (Å²) in [5, 5.41) is 2.02. The molecule has 0 spiro atoms. The fraction of sp³-hybridized carbons (Fsp3) is 0.250. The van der Waals surface area contributed by atoms with Crippen LogP contribution in [0.1, 0.15) is 37.1 Å². The van der Waals surface area contributed by atoms with Gasteiger partial charge in [0, 0.05) is 23.0 Å². The van der Waals surface area contributed by atoms with Crippen LogP contribution in [0.5, 0.6) is 23.4 Å². The number of hydrogen-bond donors (Lipinski definition) is 2. The summed E-state index contributed by atoms with van der Waals surface area (Å²) in [6.07, 6.45) is 8.57. The minimum absolute atomic E-state index is 0.0798. The van der Waals surface area contributed by atoms with Crippen molar-refractivity contribution in [2.75, 3.05) is 0 Å². The third-order valence-corrected chi connectivity index (χ3v) is 6.54. The number of benzene rings is 1. The van der Waals surface area contributed by atoms with Crippen molar-refractivity contribution in [1.29, 1.82) is 0 Å². The highest BCUT2D eigenvalue weighted by Gasteiger charge is 2.30. The Kier molecular flexibility index (Phi) is 5.39. The fourth-order valence-corrected chi connectivity index (χ4v) is 4.66. The lowest BCUT2D eigenvalue weighted by atomic mass is 9.77. The largest absolute Gasteiger partial charge is 0.438 e. The minimum atomic E-state index is 0.0798. The maximum Gasteiger partial charge on any atom is 0.327 e. The van der Waals surface area contributed by atoms with Gasteiger partial charge in [-0.15, -0.1) is 0 Å². The van der Waals surface area contributed by atoms with E-state index in [-0.39, 0.29) is 17.9 Å². The van der Waals surface area contributed by atoms with E-state index in [1.54, 1.807) is 6.33 Å². The Morgan fingerprint density at radius 1 is 1.06 bits per heavy atom. The monoisotopic (exact) mass is 488 g/mol. The van der Waals surface area contributed by atoms with Crippen LogP contribution in [0.2, 0.25) is 5.02 Å². The maximum atomic E-state index is 6.66. The quantitative estimate of drug-likeness (QED) is 0.348. The van der Waals surface area contributed by atoms with Crippen molar-refractivity contribution in [2.45, 2.75) is 38.1 Å². The lowest BCUT2D eigenvalue weighted by molar-refractivity contribution is 0.347. The van der Waals surface area contributed by atoms with E-state index in [4.69, 9.17) is 26.8 Å². The van der Waals surface area contributed by atoms with Crippen LogP contribution in [0, 0.1) is 0 Å². The molecule has 0 amide bonds. The van der Waals surface area contributed by atoms with Crippen molar-refractivity contribution in [2.24, 2.45) is 5.73 Å². The fourth-order valence-electron chi connectivity index (χ4n) is 4.31. The van der Waals surface area contributed by atoms with Gasteiger partial charge in [0.2, 0.25) is 5.88 Å². The zero-order valence-electron chi connectivity index (χ0n) is 18.8.